The minimum atomic E-state index is -0.597. The van der Waals surface area contributed by atoms with E-state index in [9.17, 15) is 4.79 Å². The van der Waals surface area contributed by atoms with Gasteiger partial charge in [0.25, 0.3) is 0 Å². The standard InChI is InChI=1S/C26H26N2O4/c1-3-30-24(26(29)31-4-2)16-18-7-9-19(10-8-18)32-15-12-22-23-17-27-14-11-20(23)21-6-5-13-28-25(21)22/h5-14,17,24H,3-4,15-16H2,1-2H3/b22-12+. The van der Waals surface area contributed by atoms with E-state index in [0.29, 0.717) is 26.2 Å². The Morgan fingerprint density at radius 1 is 1.00 bits per heavy atom. The molecule has 0 aliphatic heterocycles. The number of aromatic nitrogens is 2. The Labute approximate surface area is 187 Å². The Kier molecular flexibility index (Phi) is 6.92. The molecule has 2 heterocycles. The van der Waals surface area contributed by atoms with Gasteiger partial charge < -0.3 is 14.2 Å². The Bertz CT molecular complexity index is 1060. The molecule has 0 amide bonds. The molecule has 0 N–H and O–H groups in total. The fourth-order valence-electron chi connectivity index (χ4n) is 3.82. The van der Waals surface area contributed by atoms with Gasteiger partial charge in [-0.05, 0) is 55.3 Å². The summed E-state index contributed by atoms with van der Waals surface area (Å²) in [5, 5.41) is 0. The van der Waals surface area contributed by atoms with Crippen molar-refractivity contribution in [1.82, 2.24) is 9.97 Å². The average Bonchev–Trinajstić information content (AvgIpc) is 3.14. The van der Waals surface area contributed by atoms with E-state index in [1.807, 2.05) is 55.6 Å². The first-order chi connectivity index (χ1) is 15.7. The molecule has 3 aromatic rings. The van der Waals surface area contributed by atoms with Gasteiger partial charge in [-0.2, -0.15) is 0 Å². The number of hydrogen-bond acceptors (Lipinski definition) is 6. The minimum Gasteiger partial charge on any atom is -0.490 e. The van der Waals surface area contributed by atoms with E-state index in [0.717, 1.165) is 39.3 Å². The monoisotopic (exact) mass is 430 g/mol. The van der Waals surface area contributed by atoms with Crippen molar-refractivity contribution in [3.8, 4) is 16.9 Å². The van der Waals surface area contributed by atoms with Crippen LogP contribution in [0.15, 0.2) is 67.1 Å². The Balaban J connectivity index is 1.42. The number of ether oxygens (including phenoxy) is 3. The molecule has 2 aromatic heterocycles. The van der Waals surface area contributed by atoms with Gasteiger partial charge in [0, 0.05) is 48.3 Å². The van der Waals surface area contributed by atoms with Crippen LogP contribution in [0.1, 0.15) is 30.7 Å². The summed E-state index contributed by atoms with van der Waals surface area (Å²) < 4.78 is 16.6. The van der Waals surface area contributed by atoms with E-state index in [4.69, 9.17) is 14.2 Å². The van der Waals surface area contributed by atoms with Gasteiger partial charge in [-0.25, -0.2) is 4.79 Å². The molecule has 1 aromatic carbocycles. The van der Waals surface area contributed by atoms with Crippen LogP contribution in [-0.2, 0) is 20.7 Å². The van der Waals surface area contributed by atoms with Crippen molar-refractivity contribution >= 4 is 11.5 Å². The van der Waals surface area contributed by atoms with E-state index >= 15 is 0 Å². The first-order valence-electron chi connectivity index (χ1n) is 10.8. The van der Waals surface area contributed by atoms with E-state index in [2.05, 4.69) is 16.0 Å². The van der Waals surface area contributed by atoms with Crippen molar-refractivity contribution in [1.29, 1.82) is 0 Å². The highest BCUT2D eigenvalue weighted by Crippen LogP contribution is 2.42. The molecule has 0 saturated carbocycles. The second kappa shape index (κ2) is 10.2. The highest BCUT2D eigenvalue weighted by Gasteiger charge is 2.24. The van der Waals surface area contributed by atoms with Crippen LogP contribution in [0.2, 0.25) is 0 Å². The maximum Gasteiger partial charge on any atom is 0.335 e. The number of pyridine rings is 2. The molecule has 32 heavy (non-hydrogen) atoms. The Hall–Kier alpha value is -3.51. The van der Waals surface area contributed by atoms with Gasteiger partial charge in [0.05, 0.1) is 12.3 Å². The first kappa shape index (κ1) is 21.7. The van der Waals surface area contributed by atoms with Crippen LogP contribution in [0.25, 0.3) is 16.7 Å². The van der Waals surface area contributed by atoms with Crippen LogP contribution in [0.5, 0.6) is 5.75 Å². The molecular formula is C26H26N2O4. The van der Waals surface area contributed by atoms with Crippen molar-refractivity contribution in [3.63, 3.8) is 0 Å². The third-order valence-electron chi connectivity index (χ3n) is 5.26. The van der Waals surface area contributed by atoms with Crippen LogP contribution < -0.4 is 4.74 Å². The number of esters is 1. The normalized spacial score (nSPS) is 14.0. The number of carbonyl (C=O) groups excluding carboxylic acids is 1. The molecule has 6 nitrogen and oxygen atoms in total. The lowest BCUT2D eigenvalue weighted by molar-refractivity contribution is -0.156. The molecule has 1 atom stereocenters. The molecule has 0 fully saturated rings. The zero-order valence-corrected chi connectivity index (χ0v) is 18.3. The van der Waals surface area contributed by atoms with Crippen molar-refractivity contribution in [2.24, 2.45) is 0 Å². The Morgan fingerprint density at radius 2 is 1.84 bits per heavy atom. The van der Waals surface area contributed by atoms with Gasteiger partial charge in [-0.1, -0.05) is 18.2 Å². The smallest absolute Gasteiger partial charge is 0.335 e. The summed E-state index contributed by atoms with van der Waals surface area (Å²) >= 11 is 0. The predicted octanol–water partition coefficient (Wildman–Crippen LogP) is 4.48. The summed E-state index contributed by atoms with van der Waals surface area (Å²) in [6.45, 7) is 4.85. The molecule has 6 heteroatoms. The van der Waals surface area contributed by atoms with Gasteiger partial charge in [-0.15, -0.1) is 0 Å². The molecule has 164 valence electrons. The minimum absolute atomic E-state index is 0.332. The second-order valence-corrected chi connectivity index (χ2v) is 7.29. The number of nitrogens with zero attached hydrogens (tertiary/aromatic N) is 2. The lowest BCUT2D eigenvalue weighted by atomic mass is 10.1. The molecule has 1 aliphatic rings. The summed E-state index contributed by atoms with van der Waals surface area (Å²) in [6.07, 6.45) is 7.38. The average molecular weight is 431 g/mol. The highest BCUT2D eigenvalue weighted by atomic mass is 16.6. The van der Waals surface area contributed by atoms with Crippen molar-refractivity contribution in [2.45, 2.75) is 26.4 Å². The van der Waals surface area contributed by atoms with Crippen LogP contribution in [0.3, 0.4) is 0 Å². The number of carbonyl (C=O) groups is 1. The molecule has 1 unspecified atom stereocenters. The molecule has 4 rings (SSSR count). The van der Waals surface area contributed by atoms with Crippen LogP contribution in [0, 0.1) is 0 Å². The van der Waals surface area contributed by atoms with Gasteiger partial charge in [0.1, 0.15) is 12.4 Å². The summed E-state index contributed by atoms with van der Waals surface area (Å²) in [5.74, 6) is 0.418. The van der Waals surface area contributed by atoms with Crippen LogP contribution >= 0.6 is 0 Å². The summed E-state index contributed by atoms with van der Waals surface area (Å²) in [5.41, 5.74) is 6.30. The lowest BCUT2D eigenvalue weighted by Crippen LogP contribution is -2.28. The van der Waals surface area contributed by atoms with Crippen LogP contribution in [0.4, 0.5) is 0 Å². The topological polar surface area (TPSA) is 70.5 Å². The van der Waals surface area contributed by atoms with Gasteiger partial charge in [0.15, 0.2) is 6.10 Å². The Morgan fingerprint density at radius 3 is 2.62 bits per heavy atom. The number of fused-ring (bicyclic) bond motifs is 3. The largest absolute Gasteiger partial charge is 0.490 e. The summed E-state index contributed by atoms with van der Waals surface area (Å²) in [6, 6.07) is 13.7. The zero-order chi connectivity index (χ0) is 22.3. The lowest BCUT2D eigenvalue weighted by Gasteiger charge is -2.15. The van der Waals surface area contributed by atoms with E-state index < -0.39 is 6.10 Å². The SMILES string of the molecule is CCOC(=O)C(Cc1ccc(OC/C=C2\c3cnccc3-c3cccnc32)cc1)OCC. The quantitative estimate of drug-likeness (QED) is 0.365. The maximum absolute atomic E-state index is 12.1. The van der Waals surface area contributed by atoms with Crippen molar-refractivity contribution in [2.75, 3.05) is 19.8 Å². The fraction of sp³-hybridized carbons (Fsp3) is 0.269. The highest BCUT2D eigenvalue weighted by molar-refractivity contribution is 5.99. The van der Waals surface area contributed by atoms with Gasteiger partial charge in [0.2, 0.25) is 0 Å². The second-order valence-electron chi connectivity index (χ2n) is 7.29. The predicted molar refractivity (Wildman–Crippen MR) is 122 cm³/mol. The van der Waals surface area contributed by atoms with E-state index in [1.54, 1.807) is 19.3 Å². The zero-order valence-electron chi connectivity index (χ0n) is 18.3. The molecule has 1 aliphatic carbocycles. The summed E-state index contributed by atoms with van der Waals surface area (Å²) in [7, 11) is 0. The van der Waals surface area contributed by atoms with Crippen LogP contribution in [-0.4, -0.2) is 41.9 Å². The summed E-state index contributed by atoms with van der Waals surface area (Å²) in [4.78, 5) is 20.9. The third-order valence-corrected chi connectivity index (χ3v) is 5.26. The van der Waals surface area contributed by atoms with E-state index in [1.165, 1.54) is 0 Å². The number of rotatable bonds is 9. The molecule has 0 spiro atoms. The molecule has 0 saturated heterocycles. The van der Waals surface area contributed by atoms with Gasteiger partial charge in [-0.3, -0.25) is 9.97 Å². The molecular weight excluding hydrogens is 404 g/mol. The van der Waals surface area contributed by atoms with Gasteiger partial charge >= 0.3 is 5.97 Å². The first-order valence-corrected chi connectivity index (χ1v) is 10.8. The number of hydrogen-bond donors (Lipinski definition) is 0. The molecule has 0 radical (unpaired) electrons. The molecule has 0 bridgehead atoms. The number of benzene rings is 1. The fourth-order valence-corrected chi connectivity index (χ4v) is 3.82. The van der Waals surface area contributed by atoms with E-state index in [-0.39, 0.29) is 5.97 Å². The third kappa shape index (κ3) is 4.70. The van der Waals surface area contributed by atoms with Crippen molar-refractivity contribution < 1.29 is 19.0 Å². The van der Waals surface area contributed by atoms with Crippen molar-refractivity contribution in [3.05, 3.63) is 84.0 Å². The maximum atomic E-state index is 12.1.